The van der Waals surface area contributed by atoms with Crippen LogP contribution >= 0.6 is 12.2 Å². The van der Waals surface area contributed by atoms with E-state index in [9.17, 15) is 4.79 Å². The maximum absolute atomic E-state index is 11.7. The molecule has 0 bridgehead atoms. The monoisotopic (exact) mass is 250 g/mol. The summed E-state index contributed by atoms with van der Waals surface area (Å²) in [7, 11) is 0. The molecule has 1 amide bonds. The molecular weight excluding hydrogens is 232 g/mol. The average Bonchev–Trinajstić information content (AvgIpc) is 2.27. The van der Waals surface area contributed by atoms with Crippen molar-refractivity contribution in [3.63, 3.8) is 0 Å². The summed E-state index contributed by atoms with van der Waals surface area (Å²) in [6.07, 6.45) is 1.16. The summed E-state index contributed by atoms with van der Waals surface area (Å²) in [4.78, 5) is 12.0. The maximum Gasteiger partial charge on any atom is 0.221 e. The molecule has 0 aliphatic carbocycles. The molecule has 0 radical (unpaired) electrons. The van der Waals surface area contributed by atoms with Crippen molar-refractivity contribution in [3.8, 4) is 0 Å². The number of rotatable bonds is 5. The van der Waals surface area contributed by atoms with Gasteiger partial charge < -0.3 is 11.1 Å². The predicted octanol–water partition coefficient (Wildman–Crippen LogP) is 1.80. The van der Waals surface area contributed by atoms with Crippen LogP contribution in [0, 0.1) is 0 Å². The number of carbonyl (C=O) groups is 1. The Balaban J connectivity index is 2.44. The lowest BCUT2D eigenvalue weighted by Gasteiger charge is -2.24. The molecule has 1 aromatic carbocycles. The average molecular weight is 250 g/mol. The van der Waals surface area contributed by atoms with Crippen LogP contribution in [0.2, 0.25) is 0 Å². The third kappa shape index (κ3) is 4.53. The molecule has 1 rings (SSSR count). The van der Waals surface area contributed by atoms with Crippen molar-refractivity contribution in [2.24, 2.45) is 5.73 Å². The summed E-state index contributed by atoms with van der Waals surface area (Å²) in [6, 6.07) is 9.90. The van der Waals surface area contributed by atoms with Crippen LogP contribution < -0.4 is 11.1 Å². The first kappa shape index (κ1) is 13.6. The molecule has 0 unspecified atom stereocenters. The van der Waals surface area contributed by atoms with Crippen LogP contribution in [0.1, 0.15) is 25.8 Å². The van der Waals surface area contributed by atoms with Crippen molar-refractivity contribution < 1.29 is 4.79 Å². The normalized spacial score (nSPS) is 10.9. The number of hydrogen-bond donors (Lipinski definition) is 2. The third-order valence-electron chi connectivity index (χ3n) is 2.55. The molecule has 4 heteroatoms. The van der Waals surface area contributed by atoms with Gasteiger partial charge in [0, 0.05) is 6.42 Å². The summed E-state index contributed by atoms with van der Waals surface area (Å²) >= 11 is 4.89. The highest BCUT2D eigenvalue weighted by molar-refractivity contribution is 7.80. The summed E-state index contributed by atoms with van der Waals surface area (Å²) in [5.41, 5.74) is 6.07. The third-order valence-corrected chi connectivity index (χ3v) is 3.06. The minimum Gasteiger partial charge on any atom is -0.391 e. The van der Waals surface area contributed by atoms with E-state index in [0.717, 1.165) is 12.0 Å². The summed E-state index contributed by atoms with van der Waals surface area (Å²) in [5, 5.41) is 2.82. The van der Waals surface area contributed by atoms with Gasteiger partial charge in [-0.1, -0.05) is 42.5 Å². The van der Waals surface area contributed by atoms with Gasteiger partial charge >= 0.3 is 0 Å². The number of thiocarbonyl (C=S) groups is 1. The Hall–Kier alpha value is -1.42. The van der Waals surface area contributed by atoms with Crippen LogP contribution in [0.15, 0.2) is 30.3 Å². The Morgan fingerprint density at radius 2 is 1.94 bits per heavy atom. The van der Waals surface area contributed by atoms with E-state index < -0.39 is 5.54 Å². The number of nitrogens with two attached hydrogens (primary N) is 1. The second-order valence-electron chi connectivity index (χ2n) is 4.52. The van der Waals surface area contributed by atoms with Crippen molar-refractivity contribution in [1.82, 2.24) is 5.32 Å². The molecule has 0 atom stereocenters. The fourth-order valence-electron chi connectivity index (χ4n) is 1.38. The van der Waals surface area contributed by atoms with E-state index in [1.54, 1.807) is 13.8 Å². The number of hydrogen-bond acceptors (Lipinski definition) is 2. The lowest BCUT2D eigenvalue weighted by atomic mass is 10.0. The van der Waals surface area contributed by atoms with Gasteiger partial charge in [-0.25, -0.2) is 0 Å². The van der Waals surface area contributed by atoms with Crippen LogP contribution in [0.25, 0.3) is 0 Å². The highest BCUT2D eigenvalue weighted by atomic mass is 32.1. The first-order valence-electron chi connectivity index (χ1n) is 5.56. The summed E-state index contributed by atoms with van der Waals surface area (Å²) in [6.45, 7) is 3.60. The van der Waals surface area contributed by atoms with E-state index in [0.29, 0.717) is 11.4 Å². The smallest absolute Gasteiger partial charge is 0.221 e. The molecule has 0 aliphatic rings. The molecule has 0 aromatic heterocycles. The van der Waals surface area contributed by atoms with Crippen LogP contribution in [-0.2, 0) is 11.2 Å². The number of nitrogens with one attached hydrogen (secondary N) is 1. The maximum atomic E-state index is 11.7. The van der Waals surface area contributed by atoms with Crippen molar-refractivity contribution >= 4 is 23.1 Å². The number of amides is 1. The lowest BCUT2D eigenvalue weighted by molar-refractivity contribution is -0.122. The summed E-state index contributed by atoms with van der Waals surface area (Å²) in [5.74, 6) is -0.0355. The number of carbonyl (C=O) groups excluding carboxylic acids is 1. The molecule has 1 aromatic rings. The zero-order valence-corrected chi connectivity index (χ0v) is 11.0. The Morgan fingerprint density at radius 3 is 2.47 bits per heavy atom. The first-order chi connectivity index (χ1) is 7.92. The van der Waals surface area contributed by atoms with Gasteiger partial charge in [0.05, 0.1) is 10.5 Å². The molecule has 0 fully saturated rings. The second kappa shape index (κ2) is 5.77. The van der Waals surface area contributed by atoms with Crippen LogP contribution in [-0.4, -0.2) is 16.4 Å². The highest BCUT2D eigenvalue weighted by Gasteiger charge is 2.23. The SMILES string of the molecule is CC(C)(NC(=O)CCc1ccccc1)C(N)=S. The Kier molecular flexibility index (Phi) is 4.63. The van der Waals surface area contributed by atoms with Gasteiger partial charge in [-0.2, -0.15) is 0 Å². The minimum atomic E-state index is -0.622. The van der Waals surface area contributed by atoms with E-state index in [2.05, 4.69) is 5.32 Å². The van der Waals surface area contributed by atoms with E-state index in [4.69, 9.17) is 18.0 Å². The molecule has 3 N–H and O–H groups in total. The standard InChI is InChI=1S/C13H18N2OS/c1-13(2,12(14)17)15-11(16)9-8-10-6-4-3-5-7-10/h3-7H,8-9H2,1-2H3,(H2,14,17)(H,15,16). The van der Waals surface area contributed by atoms with Crippen LogP contribution in [0.5, 0.6) is 0 Å². The minimum absolute atomic E-state index is 0.0355. The Morgan fingerprint density at radius 1 is 1.35 bits per heavy atom. The molecule has 0 heterocycles. The molecule has 17 heavy (non-hydrogen) atoms. The van der Waals surface area contributed by atoms with Gasteiger partial charge in [0.1, 0.15) is 0 Å². The Labute approximate surface area is 107 Å². The van der Waals surface area contributed by atoms with Gasteiger partial charge in [0.15, 0.2) is 0 Å². The second-order valence-corrected chi connectivity index (χ2v) is 4.96. The molecule has 92 valence electrons. The van der Waals surface area contributed by atoms with E-state index >= 15 is 0 Å². The van der Waals surface area contributed by atoms with E-state index in [-0.39, 0.29) is 5.91 Å². The molecule has 0 saturated heterocycles. The van der Waals surface area contributed by atoms with Crippen molar-refractivity contribution in [1.29, 1.82) is 0 Å². The van der Waals surface area contributed by atoms with Crippen LogP contribution in [0.3, 0.4) is 0 Å². The molecule has 0 saturated carbocycles. The molecule has 0 aliphatic heterocycles. The zero-order valence-electron chi connectivity index (χ0n) is 10.2. The number of aryl methyl sites for hydroxylation is 1. The Bertz CT molecular complexity index is 401. The van der Waals surface area contributed by atoms with Crippen LogP contribution in [0.4, 0.5) is 0 Å². The molecule has 0 spiro atoms. The van der Waals surface area contributed by atoms with Gasteiger partial charge in [0.2, 0.25) is 5.91 Å². The summed E-state index contributed by atoms with van der Waals surface area (Å²) < 4.78 is 0. The zero-order chi connectivity index (χ0) is 12.9. The fourth-order valence-corrected chi connectivity index (χ4v) is 1.43. The van der Waals surface area contributed by atoms with E-state index in [1.165, 1.54) is 0 Å². The van der Waals surface area contributed by atoms with Crippen molar-refractivity contribution in [3.05, 3.63) is 35.9 Å². The van der Waals surface area contributed by atoms with Crippen molar-refractivity contribution in [2.45, 2.75) is 32.2 Å². The lowest BCUT2D eigenvalue weighted by Crippen LogP contribution is -2.52. The van der Waals surface area contributed by atoms with Gasteiger partial charge in [0.25, 0.3) is 0 Å². The van der Waals surface area contributed by atoms with Gasteiger partial charge in [-0.05, 0) is 25.8 Å². The molecule has 3 nitrogen and oxygen atoms in total. The largest absolute Gasteiger partial charge is 0.391 e. The molecular formula is C13H18N2OS. The fraction of sp³-hybridized carbons (Fsp3) is 0.385. The van der Waals surface area contributed by atoms with E-state index in [1.807, 2.05) is 30.3 Å². The van der Waals surface area contributed by atoms with Gasteiger partial charge in [-0.3, -0.25) is 4.79 Å². The van der Waals surface area contributed by atoms with Crippen molar-refractivity contribution in [2.75, 3.05) is 0 Å². The predicted molar refractivity (Wildman–Crippen MR) is 73.8 cm³/mol. The van der Waals surface area contributed by atoms with Gasteiger partial charge in [-0.15, -0.1) is 0 Å². The topological polar surface area (TPSA) is 55.1 Å². The first-order valence-corrected chi connectivity index (χ1v) is 5.97. The quantitative estimate of drug-likeness (QED) is 0.784. The number of benzene rings is 1. The highest BCUT2D eigenvalue weighted by Crippen LogP contribution is 2.05.